The average Bonchev–Trinajstić information content (AvgIpc) is 3.37. The summed E-state index contributed by atoms with van der Waals surface area (Å²) >= 11 is 0. The lowest BCUT2D eigenvalue weighted by Crippen LogP contribution is -2.51. The number of amides is 2. The van der Waals surface area contributed by atoms with Crippen LogP contribution < -0.4 is 15.4 Å². The molecule has 2 N–H and O–H groups in total. The van der Waals surface area contributed by atoms with Gasteiger partial charge < -0.3 is 20.3 Å². The Labute approximate surface area is 260 Å². The van der Waals surface area contributed by atoms with E-state index < -0.39 is 6.04 Å². The first kappa shape index (κ1) is 29.8. The summed E-state index contributed by atoms with van der Waals surface area (Å²) in [5.74, 6) is 0.489. The van der Waals surface area contributed by atoms with Crippen LogP contribution in [0.15, 0.2) is 91.0 Å². The molecule has 4 aromatic rings. The van der Waals surface area contributed by atoms with Gasteiger partial charge in [-0.1, -0.05) is 92.4 Å². The number of rotatable bonds is 9. The minimum absolute atomic E-state index is 0.0447. The number of nitrogens with one attached hydrogen (secondary N) is 2. The Bertz CT molecular complexity index is 1530. The number of ether oxygens (including phenoxy) is 1. The third-order valence-electron chi connectivity index (χ3n) is 9.03. The van der Waals surface area contributed by atoms with Crippen LogP contribution in [0.2, 0.25) is 0 Å². The van der Waals surface area contributed by atoms with E-state index in [0.717, 1.165) is 72.2 Å². The first-order valence-corrected chi connectivity index (χ1v) is 16.1. The number of carbonyl (C=O) groups excluding carboxylic acids is 2. The summed E-state index contributed by atoms with van der Waals surface area (Å²) in [6.45, 7) is 3.17. The van der Waals surface area contributed by atoms with Crippen LogP contribution in [0, 0.1) is 5.92 Å². The monoisotopic (exact) mass is 590 g/mol. The van der Waals surface area contributed by atoms with Crippen molar-refractivity contribution >= 4 is 22.7 Å². The Morgan fingerprint density at radius 3 is 2.27 bits per heavy atom. The number of hydrogen-bond acceptors (Lipinski definition) is 5. The summed E-state index contributed by atoms with van der Waals surface area (Å²) in [5, 5.41) is 7.65. The Morgan fingerprint density at radius 2 is 1.52 bits per heavy atom. The first-order chi connectivity index (χ1) is 21.7. The molecule has 44 heavy (non-hydrogen) atoms. The molecule has 1 aromatic heterocycles. The molecule has 0 bridgehead atoms. The molecule has 1 saturated carbocycles. The Morgan fingerprint density at radius 1 is 0.818 bits per heavy atom. The molecule has 1 saturated heterocycles. The predicted octanol–water partition coefficient (Wildman–Crippen LogP) is 6.16. The van der Waals surface area contributed by atoms with Crippen molar-refractivity contribution in [2.75, 3.05) is 26.2 Å². The highest BCUT2D eigenvalue weighted by Gasteiger charge is 2.35. The van der Waals surface area contributed by atoms with Gasteiger partial charge in [0.15, 0.2) is 0 Å². The van der Waals surface area contributed by atoms with Gasteiger partial charge in [-0.3, -0.25) is 9.59 Å². The van der Waals surface area contributed by atoms with Crippen molar-refractivity contribution in [3.05, 3.63) is 108 Å². The van der Waals surface area contributed by atoms with Gasteiger partial charge in [0, 0.05) is 31.6 Å². The van der Waals surface area contributed by atoms with Gasteiger partial charge in [0.25, 0.3) is 0 Å². The van der Waals surface area contributed by atoms with Crippen LogP contribution in [-0.4, -0.2) is 47.9 Å². The van der Waals surface area contributed by atoms with Crippen LogP contribution >= 0.6 is 0 Å². The van der Waals surface area contributed by atoms with Crippen LogP contribution in [0.5, 0.6) is 5.75 Å². The summed E-state index contributed by atoms with van der Waals surface area (Å²) < 4.78 is 6.10. The van der Waals surface area contributed by atoms with Crippen molar-refractivity contribution in [1.29, 1.82) is 0 Å². The number of hydrogen-bond donors (Lipinski definition) is 2. The van der Waals surface area contributed by atoms with E-state index in [1.807, 2.05) is 83.8 Å². The molecule has 0 spiro atoms. The van der Waals surface area contributed by atoms with Gasteiger partial charge in [0.2, 0.25) is 11.8 Å². The van der Waals surface area contributed by atoms with E-state index in [4.69, 9.17) is 9.72 Å². The van der Waals surface area contributed by atoms with E-state index in [1.165, 1.54) is 12.8 Å². The molecule has 7 heteroatoms. The molecular weight excluding hydrogens is 548 g/mol. The van der Waals surface area contributed by atoms with Crippen molar-refractivity contribution < 1.29 is 14.3 Å². The highest BCUT2D eigenvalue weighted by Crippen LogP contribution is 2.37. The molecule has 2 atom stereocenters. The van der Waals surface area contributed by atoms with Crippen molar-refractivity contribution in [3.63, 3.8) is 0 Å². The number of benzene rings is 3. The van der Waals surface area contributed by atoms with Gasteiger partial charge in [-0.25, -0.2) is 4.98 Å². The van der Waals surface area contributed by atoms with E-state index in [1.54, 1.807) is 0 Å². The molecule has 7 nitrogen and oxygen atoms in total. The molecule has 228 valence electrons. The summed E-state index contributed by atoms with van der Waals surface area (Å²) in [6.07, 6.45) is 6.66. The number of pyridine rings is 1. The fourth-order valence-corrected chi connectivity index (χ4v) is 6.63. The molecule has 1 aliphatic carbocycles. The maximum Gasteiger partial charge on any atom is 0.249 e. The van der Waals surface area contributed by atoms with Gasteiger partial charge >= 0.3 is 0 Å². The average molecular weight is 591 g/mol. The normalized spacial score (nSPS) is 17.4. The molecule has 2 heterocycles. The fourth-order valence-electron chi connectivity index (χ4n) is 6.63. The molecule has 3 aromatic carbocycles. The third kappa shape index (κ3) is 7.28. The molecule has 6 rings (SSSR count). The van der Waals surface area contributed by atoms with Crippen LogP contribution in [-0.2, 0) is 16.2 Å². The van der Waals surface area contributed by atoms with Crippen molar-refractivity contribution in [2.24, 2.45) is 5.92 Å². The second-order valence-electron chi connectivity index (χ2n) is 12.0. The second kappa shape index (κ2) is 14.5. The maximum atomic E-state index is 14.3. The quantitative estimate of drug-likeness (QED) is 0.228. The number of fused-ring (bicyclic) bond motifs is 1. The lowest BCUT2D eigenvalue weighted by molar-refractivity contribution is -0.137. The number of piperazine rings is 1. The van der Waals surface area contributed by atoms with Crippen molar-refractivity contribution in [2.45, 2.75) is 57.1 Å². The Hall–Kier alpha value is -4.23. The van der Waals surface area contributed by atoms with E-state index >= 15 is 0 Å². The SMILES string of the molecule is O=C(NC(C(=O)N1CCNCC1)c1ccccc1)C(c1ccc(OCc2ccc3ccccc3n2)cc1)C1CCCCCC1. The topological polar surface area (TPSA) is 83.6 Å². The third-order valence-corrected chi connectivity index (χ3v) is 9.03. The molecule has 2 aliphatic rings. The molecule has 2 amide bonds. The lowest BCUT2D eigenvalue weighted by atomic mass is 9.80. The smallest absolute Gasteiger partial charge is 0.249 e. The van der Waals surface area contributed by atoms with Crippen LogP contribution in [0.25, 0.3) is 10.9 Å². The first-order valence-electron chi connectivity index (χ1n) is 16.1. The fraction of sp³-hybridized carbons (Fsp3) is 0.378. The Kier molecular flexibility index (Phi) is 9.83. The number of para-hydroxylation sites is 1. The number of aromatic nitrogens is 1. The number of nitrogens with zero attached hydrogens (tertiary/aromatic N) is 2. The van der Waals surface area contributed by atoms with E-state index in [0.29, 0.717) is 19.7 Å². The molecule has 2 unspecified atom stereocenters. The van der Waals surface area contributed by atoms with E-state index in [9.17, 15) is 9.59 Å². The molecular formula is C37H42N4O3. The van der Waals surface area contributed by atoms with Crippen LogP contribution in [0.3, 0.4) is 0 Å². The summed E-state index contributed by atoms with van der Waals surface area (Å²) in [5.41, 5.74) is 3.59. The zero-order valence-corrected chi connectivity index (χ0v) is 25.3. The predicted molar refractivity (Wildman–Crippen MR) is 173 cm³/mol. The number of carbonyl (C=O) groups is 2. The zero-order chi connectivity index (χ0) is 30.1. The van der Waals surface area contributed by atoms with Gasteiger partial charge in [-0.2, -0.15) is 0 Å². The summed E-state index contributed by atoms with van der Waals surface area (Å²) in [7, 11) is 0. The van der Waals surface area contributed by atoms with Crippen molar-refractivity contribution in [1.82, 2.24) is 20.5 Å². The van der Waals surface area contributed by atoms with Gasteiger partial charge in [-0.15, -0.1) is 0 Å². The van der Waals surface area contributed by atoms with Gasteiger partial charge in [0.05, 0.1) is 17.1 Å². The molecule has 0 radical (unpaired) electrons. The summed E-state index contributed by atoms with van der Waals surface area (Å²) in [4.78, 5) is 34.7. The lowest BCUT2D eigenvalue weighted by Gasteiger charge is -2.33. The highest BCUT2D eigenvalue weighted by molar-refractivity contribution is 5.91. The highest BCUT2D eigenvalue weighted by atomic mass is 16.5. The standard InChI is InChI=1S/C37H42N4O3/c42-36(40-35(30-13-6-3-7-14-30)37(43)41-24-22-38-23-25-41)34(28-11-4-1-2-5-12-28)29-17-20-32(21-18-29)44-26-31-19-16-27-10-8-9-15-33(27)39-31/h3,6-10,13-21,28,34-35,38H,1-2,4-5,11-12,22-26H2,(H,40,42). The van der Waals surface area contributed by atoms with Crippen LogP contribution in [0.4, 0.5) is 0 Å². The maximum absolute atomic E-state index is 14.3. The van der Waals surface area contributed by atoms with E-state index in [2.05, 4.69) is 22.8 Å². The van der Waals surface area contributed by atoms with Gasteiger partial charge in [0.1, 0.15) is 18.4 Å². The minimum atomic E-state index is -0.716. The summed E-state index contributed by atoms with van der Waals surface area (Å²) in [6, 6.07) is 29.0. The van der Waals surface area contributed by atoms with E-state index in [-0.39, 0.29) is 23.7 Å². The van der Waals surface area contributed by atoms with Crippen molar-refractivity contribution in [3.8, 4) is 5.75 Å². The molecule has 2 fully saturated rings. The van der Waals surface area contributed by atoms with Gasteiger partial charge in [-0.05, 0) is 54.2 Å². The minimum Gasteiger partial charge on any atom is -0.487 e. The van der Waals surface area contributed by atoms with Crippen LogP contribution in [0.1, 0.15) is 67.3 Å². The second-order valence-corrected chi connectivity index (χ2v) is 12.0. The molecule has 1 aliphatic heterocycles. The Balaban J connectivity index is 1.21. The largest absolute Gasteiger partial charge is 0.487 e. The zero-order valence-electron chi connectivity index (χ0n) is 25.3.